The molecule has 2 bridgehead atoms. The Morgan fingerprint density at radius 2 is 1.90 bits per heavy atom. The molecule has 2 saturated heterocycles. The molecule has 2 saturated carbocycles. The molecule has 0 amide bonds. The van der Waals surface area contributed by atoms with Crippen LogP contribution in [-0.4, -0.2) is 48.6 Å². The second-order valence-electron chi connectivity index (χ2n) is 8.63. The second kappa shape index (κ2) is 4.71. The van der Waals surface area contributed by atoms with Crippen LogP contribution >= 0.6 is 0 Å². The Balaban J connectivity index is 1.68. The van der Waals surface area contributed by atoms with E-state index in [0.29, 0.717) is 5.54 Å². The molecule has 2 nitrogen and oxygen atoms in total. The first-order chi connectivity index (χ1) is 9.60. The van der Waals surface area contributed by atoms with Gasteiger partial charge in [0.05, 0.1) is 0 Å². The van der Waals surface area contributed by atoms with Crippen LogP contribution in [0.3, 0.4) is 0 Å². The molecule has 6 atom stereocenters. The first-order valence-electron chi connectivity index (χ1n) is 9.01. The Bertz CT molecular complexity index is 382. The zero-order valence-corrected chi connectivity index (χ0v) is 13.6. The summed E-state index contributed by atoms with van der Waals surface area (Å²) < 4.78 is 0. The largest absolute Gasteiger partial charge is 0.303 e. The molecule has 0 N–H and O–H groups in total. The molecule has 2 heteroatoms. The lowest BCUT2D eigenvalue weighted by molar-refractivity contribution is -0.128. The van der Waals surface area contributed by atoms with Gasteiger partial charge < -0.3 is 9.80 Å². The molecular formula is C18H32N2. The molecule has 2 heterocycles. The van der Waals surface area contributed by atoms with Crippen LogP contribution in [0.25, 0.3) is 0 Å². The number of likely N-dealkylation sites (tertiary alicyclic amines) is 2. The van der Waals surface area contributed by atoms with Crippen LogP contribution in [0.2, 0.25) is 0 Å². The van der Waals surface area contributed by atoms with Gasteiger partial charge in [-0.05, 0) is 82.8 Å². The minimum absolute atomic E-state index is 0.565. The molecule has 0 aromatic rings. The summed E-state index contributed by atoms with van der Waals surface area (Å²) in [5.41, 5.74) is 0.565. The average Bonchev–Trinajstić information content (AvgIpc) is 2.42. The fourth-order valence-electron chi connectivity index (χ4n) is 6.64. The number of hydrogen-bond acceptors (Lipinski definition) is 2. The van der Waals surface area contributed by atoms with Gasteiger partial charge >= 0.3 is 0 Å². The summed E-state index contributed by atoms with van der Waals surface area (Å²) in [6.07, 6.45) is 10.4. The van der Waals surface area contributed by atoms with Gasteiger partial charge in [0.1, 0.15) is 0 Å². The van der Waals surface area contributed by atoms with Gasteiger partial charge in [0.15, 0.2) is 0 Å². The van der Waals surface area contributed by atoms with Crippen molar-refractivity contribution in [1.82, 2.24) is 9.80 Å². The van der Waals surface area contributed by atoms with Gasteiger partial charge in [-0.2, -0.15) is 0 Å². The van der Waals surface area contributed by atoms with Gasteiger partial charge in [-0.15, -0.1) is 0 Å². The highest BCUT2D eigenvalue weighted by molar-refractivity contribution is 5.10. The molecule has 20 heavy (non-hydrogen) atoms. The van der Waals surface area contributed by atoms with E-state index >= 15 is 0 Å². The summed E-state index contributed by atoms with van der Waals surface area (Å²) in [6, 6.07) is 0.909. The highest BCUT2D eigenvalue weighted by Crippen LogP contribution is 2.56. The second-order valence-corrected chi connectivity index (χ2v) is 8.63. The van der Waals surface area contributed by atoms with Gasteiger partial charge in [-0.25, -0.2) is 0 Å². The minimum atomic E-state index is 0.565. The summed E-state index contributed by atoms with van der Waals surface area (Å²) in [5, 5.41) is 0. The van der Waals surface area contributed by atoms with Crippen molar-refractivity contribution in [2.75, 3.05) is 27.2 Å². The summed E-state index contributed by atoms with van der Waals surface area (Å²) in [5.74, 6) is 3.94. The molecular weight excluding hydrogens is 244 g/mol. The Kier molecular flexibility index (Phi) is 3.20. The Labute approximate surface area is 124 Å². The van der Waals surface area contributed by atoms with E-state index in [4.69, 9.17) is 0 Å². The maximum atomic E-state index is 2.78. The normalized spacial score (nSPS) is 53.2. The topological polar surface area (TPSA) is 6.48 Å². The summed E-state index contributed by atoms with van der Waals surface area (Å²) in [7, 11) is 4.85. The van der Waals surface area contributed by atoms with Crippen molar-refractivity contribution < 1.29 is 0 Å². The smallest absolute Gasteiger partial charge is 0.0249 e. The van der Waals surface area contributed by atoms with E-state index in [9.17, 15) is 0 Å². The SMILES string of the molecule is CC1CC2CC3(CCCCN3C)C3CC2C(C1)N(C)C3. The lowest BCUT2D eigenvalue weighted by atomic mass is 9.53. The molecule has 0 aromatic carbocycles. The zero-order chi connectivity index (χ0) is 13.9. The van der Waals surface area contributed by atoms with E-state index in [-0.39, 0.29) is 0 Å². The van der Waals surface area contributed by atoms with E-state index in [1.54, 1.807) is 0 Å². The fourth-order valence-corrected chi connectivity index (χ4v) is 6.64. The summed E-state index contributed by atoms with van der Waals surface area (Å²) >= 11 is 0. The predicted molar refractivity (Wildman–Crippen MR) is 83.7 cm³/mol. The lowest BCUT2D eigenvalue weighted by Crippen LogP contribution is -2.67. The summed E-state index contributed by atoms with van der Waals surface area (Å²) in [4.78, 5) is 5.54. The van der Waals surface area contributed by atoms with Crippen LogP contribution in [0.1, 0.15) is 51.9 Å². The standard InChI is InChI=1S/C18H32N2/c1-13-8-14-11-18(6-4-5-7-20(18)3)15-10-16(14)17(9-13)19(2)12-15/h13-17H,4-12H2,1-3H3. The van der Waals surface area contributed by atoms with Crippen LogP contribution in [-0.2, 0) is 0 Å². The molecule has 4 aliphatic rings. The highest BCUT2D eigenvalue weighted by atomic mass is 15.2. The third-order valence-corrected chi connectivity index (χ3v) is 7.57. The number of fused-ring (bicyclic) bond motifs is 2. The number of hydrogen-bond donors (Lipinski definition) is 0. The average molecular weight is 276 g/mol. The monoisotopic (exact) mass is 276 g/mol. The van der Waals surface area contributed by atoms with Crippen LogP contribution in [0.4, 0.5) is 0 Å². The Morgan fingerprint density at radius 3 is 2.70 bits per heavy atom. The third kappa shape index (κ3) is 1.83. The molecule has 4 fully saturated rings. The molecule has 0 radical (unpaired) electrons. The van der Waals surface area contributed by atoms with Crippen LogP contribution in [0, 0.1) is 23.7 Å². The Hall–Kier alpha value is -0.0800. The van der Waals surface area contributed by atoms with E-state index in [1.165, 1.54) is 58.0 Å². The van der Waals surface area contributed by atoms with Gasteiger partial charge in [0.25, 0.3) is 0 Å². The van der Waals surface area contributed by atoms with Crippen molar-refractivity contribution in [1.29, 1.82) is 0 Å². The van der Waals surface area contributed by atoms with Gasteiger partial charge in [-0.3, -0.25) is 0 Å². The predicted octanol–water partition coefficient (Wildman–Crippen LogP) is 3.23. The zero-order valence-electron chi connectivity index (χ0n) is 13.6. The Morgan fingerprint density at radius 1 is 1.05 bits per heavy atom. The van der Waals surface area contributed by atoms with E-state index in [1.807, 2.05) is 0 Å². The molecule has 1 spiro atoms. The number of nitrogens with zero attached hydrogens (tertiary/aromatic N) is 2. The van der Waals surface area contributed by atoms with E-state index in [2.05, 4.69) is 30.8 Å². The van der Waals surface area contributed by atoms with Gasteiger partial charge in [0.2, 0.25) is 0 Å². The maximum absolute atomic E-state index is 2.78. The van der Waals surface area contributed by atoms with Crippen molar-refractivity contribution in [3.8, 4) is 0 Å². The van der Waals surface area contributed by atoms with Crippen molar-refractivity contribution in [3.05, 3.63) is 0 Å². The molecule has 4 rings (SSSR count). The van der Waals surface area contributed by atoms with Crippen LogP contribution in [0.15, 0.2) is 0 Å². The van der Waals surface area contributed by atoms with Crippen molar-refractivity contribution >= 4 is 0 Å². The van der Waals surface area contributed by atoms with E-state index < -0.39 is 0 Å². The van der Waals surface area contributed by atoms with E-state index in [0.717, 1.165) is 29.7 Å². The van der Waals surface area contributed by atoms with Gasteiger partial charge in [0, 0.05) is 18.1 Å². The number of rotatable bonds is 0. The highest BCUT2D eigenvalue weighted by Gasteiger charge is 2.56. The molecule has 6 unspecified atom stereocenters. The van der Waals surface area contributed by atoms with Gasteiger partial charge in [-0.1, -0.05) is 13.3 Å². The molecule has 0 aromatic heterocycles. The quantitative estimate of drug-likeness (QED) is 0.670. The minimum Gasteiger partial charge on any atom is -0.303 e. The third-order valence-electron chi connectivity index (χ3n) is 7.57. The first-order valence-corrected chi connectivity index (χ1v) is 9.01. The fraction of sp³-hybridized carbons (Fsp3) is 1.00. The lowest BCUT2D eigenvalue weighted by Gasteiger charge is -2.64. The molecule has 2 aliphatic heterocycles. The summed E-state index contributed by atoms with van der Waals surface area (Å²) in [6.45, 7) is 5.21. The molecule has 2 aliphatic carbocycles. The maximum Gasteiger partial charge on any atom is 0.0249 e. The van der Waals surface area contributed by atoms with Crippen molar-refractivity contribution in [2.24, 2.45) is 23.7 Å². The first kappa shape index (κ1) is 13.6. The van der Waals surface area contributed by atoms with Crippen molar-refractivity contribution in [3.63, 3.8) is 0 Å². The van der Waals surface area contributed by atoms with Crippen molar-refractivity contribution in [2.45, 2.75) is 63.5 Å². The number of piperidine rings is 2. The van der Waals surface area contributed by atoms with Crippen LogP contribution in [0.5, 0.6) is 0 Å². The van der Waals surface area contributed by atoms with Crippen LogP contribution < -0.4 is 0 Å². The molecule has 114 valence electrons.